The fourth-order valence-corrected chi connectivity index (χ4v) is 1.65. The first-order chi connectivity index (χ1) is 5.33. The van der Waals surface area contributed by atoms with Crippen molar-refractivity contribution in [2.45, 2.75) is 46.6 Å². The molecule has 0 aliphatic heterocycles. The minimum Gasteiger partial charge on any atom is -0.374 e. The van der Waals surface area contributed by atoms with E-state index in [-0.39, 0.29) is 11.0 Å². The lowest BCUT2D eigenvalue weighted by Gasteiger charge is -2.34. The van der Waals surface area contributed by atoms with Gasteiger partial charge >= 0.3 is 0 Å². The summed E-state index contributed by atoms with van der Waals surface area (Å²) >= 11 is 0. The van der Waals surface area contributed by atoms with Gasteiger partial charge in [-0.2, -0.15) is 0 Å². The van der Waals surface area contributed by atoms with Gasteiger partial charge in [0.15, 0.2) is 0 Å². The average Bonchev–Trinajstić information content (AvgIpc) is 1.84. The van der Waals surface area contributed by atoms with Gasteiger partial charge < -0.3 is 10.5 Å². The summed E-state index contributed by atoms with van der Waals surface area (Å²) in [7, 11) is 0. The summed E-state index contributed by atoms with van der Waals surface area (Å²) in [6, 6.07) is 0. The SMILES string of the molecule is CCOC(C)(CN)CC(C)(C)C. The topological polar surface area (TPSA) is 35.2 Å². The summed E-state index contributed by atoms with van der Waals surface area (Å²) in [4.78, 5) is 0. The standard InChI is InChI=1S/C10H23NO/c1-6-12-10(5,8-11)7-9(2,3)4/h6-8,11H2,1-5H3. The summed E-state index contributed by atoms with van der Waals surface area (Å²) in [6.07, 6.45) is 1.00. The summed E-state index contributed by atoms with van der Waals surface area (Å²) in [5.74, 6) is 0. The maximum atomic E-state index is 5.68. The molecule has 0 aromatic heterocycles. The van der Waals surface area contributed by atoms with Crippen molar-refractivity contribution in [3.05, 3.63) is 0 Å². The van der Waals surface area contributed by atoms with Crippen LogP contribution in [-0.2, 0) is 4.74 Å². The van der Waals surface area contributed by atoms with Gasteiger partial charge in [-0.3, -0.25) is 0 Å². The Kier molecular flexibility index (Phi) is 4.21. The van der Waals surface area contributed by atoms with E-state index in [9.17, 15) is 0 Å². The highest BCUT2D eigenvalue weighted by atomic mass is 16.5. The molecule has 0 rings (SSSR count). The van der Waals surface area contributed by atoms with E-state index in [0.717, 1.165) is 13.0 Å². The Labute approximate surface area is 76.5 Å². The van der Waals surface area contributed by atoms with Crippen LogP contribution in [0.5, 0.6) is 0 Å². The second-order valence-electron chi connectivity index (χ2n) is 4.82. The van der Waals surface area contributed by atoms with Crippen LogP contribution in [0.1, 0.15) is 41.0 Å². The zero-order valence-electron chi connectivity index (χ0n) is 9.11. The van der Waals surface area contributed by atoms with Gasteiger partial charge in [0, 0.05) is 13.2 Å². The van der Waals surface area contributed by atoms with Gasteiger partial charge in [0.2, 0.25) is 0 Å². The quantitative estimate of drug-likeness (QED) is 0.707. The van der Waals surface area contributed by atoms with Gasteiger partial charge in [-0.1, -0.05) is 20.8 Å². The van der Waals surface area contributed by atoms with E-state index in [2.05, 4.69) is 27.7 Å². The fraction of sp³-hybridized carbons (Fsp3) is 1.00. The predicted molar refractivity (Wildman–Crippen MR) is 53.2 cm³/mol. The van der Waals surface area contributed by atoms with Crippen LogP contribution in [0.25, 0.3) is 0 Å². The Morgan fingerprint density at radius 1 is 1.17 bits per heavy atom. The molecule has 0 saturated heterocycles. The summed E-state index contributed by atoms with van der Waals surface area (Å²) in [5.41, 5.74) is 5.81. The molecule has 0 aliphatic carbocycles. The maximum absolute atomic E-state index is 5.68. The van der Waals surface area contributed by atoms with Gasteiger partial charge in [-0.15, -0.1) is 0 Å². The van der Waals surface area contributed by atoms with Crippen molar-refractivity contribution in [1.82, 2.24) is 0 Å². The highest BCUT2D eigenvalue weighted by Gasteiger charge is 2.28. The number of ether oxygens (including phenoxy) is 1. The average molecular weight is 173 g/mol. The number of rotatable bonds is 4. The molecule has 74 valence electrons. The summed E-state index contributed by atoms with van der Waals surface area (Å²) < 4.78 is 5.63. The molecule has 2 N–H and O–H groups in total. The van der Waals surface area contributed by atoms with E-state index in [0.29, 0.717) is 6.54 Å². The molecule has 0 radical (unpaired) electrons. The Balaban J connectivity index is 4.14. The molecule has 2 heteroatoms. The van der Waals surface area contributed by atoms with Crippen molar-refractivity contribution in [3.63, 3.8) is 0 Å². The van der Waals surface area contributed by atoms with Gasteiger partial charge in [-0.05, 0) is 25.7 Å². The molecule has 0 amide bonds. The van der Waals surface area contributed by atoms with E-state index < -0.39 is 0 Å². The molecule has 12 heavy (non-hydrogen) atoms. The van der Waals surface area contributed by atoms with E-state index in [1.165, 1.54) is 0 Å². The first kappa shape index (κ1) is 11.9. The van der Waals surface area contributed by atoms with Crippen LogP contribution in [-0.4, -0.2) is 18.8 Å². The van der Waals surface area contributed by atoms with Gasteiger partial charge in [0.25, 0.3) is 0 Å². The molecule has 0 aromatic carbocycles. The number of hydrogen-bond acceptors (Lipinski definition) is 2. The highest BCUT2D eigenvalue weighted by molar-refractivity contribution is 4.82. The number of hydrogen-bond donors (Lipinski definition) is 1. The number of nitrogens with two attached hydrogens (primary N) is 1. The normalized spacial score (nSPS) is 17.5. The van der Waals surface area contributed by atoms with Gasteiger partial charge in [-0.25, -0.2) is 0 Å². The minimum absolute atomic E-state index is 0.146. The first-order valence-corrected chi connectivity index (χ1v) is 4.67. The minimum atomic E-state index is -0.146. The molecule has 0 aliphatic rings. The molecule has 0 bridgehead atoms. The van der Waals surface area contributed by atoms with E-state index in [4.69, 9.17) is 10.5 Å². The lowest BCUT2D eigenvalue weighted by atomic mass is 9.82. The third-order valence-electron chi connectivity index (χ3n) is 1.83. The lowest BCUT2D eigenvalue weighted by Crippen LogP contribution is -2.41. The predicted octanol–water partition coefficient (Wildman–Crippen LogP) is 2.18. The van der Waals surface area contributed by atoms with Crippen molar-refractivity contribution < 1.29 is 4.74 Å². The van der Waals surface area contributed by atoms with Crippen LogP contribution in [0.3, 0.4) is 0 Å². The maximum Gasteiger partial charge on any atom is 0.0780 e. The third kappa shape index (κ3) is 4.73. The summed E-state index contributed by atoms with van der Waals surface area (Å²) in [5, 5.41) is 0. The zero-order chi connectivity index (χ0) is 9.83. The monoisotopic (exact) mass is 173 g/mol. The first-order valence-electron chi connectivity index (χ1n) is 4.67. The molecular weight excluding hydrogens is 150 g/mol. The molecular formula is C10H23NO. The Hall–Kier alpha value is -0.0800. The Bertz CT molecular complexity index is 128. The fourth-order valence-electron chi connectivity index (χ4n) is 1.65. The molecule has 2 nitrogen and oxygen atoms in total. The van der Waals surface area contributed by atoms with Crippen LogP contribution in [0.15, 0.2) is 0 Å². The van der Waals surface area contributed by atoms with Crippen molar-refractivity contribution >= 4 is 0 Å². The van der Waals surface area contributed by atoms with E-state index in [1.807, 2.05) is 6.92 Å². The third-order valence-corrected chi connectivity index (χ3v) is 1.83. The Morgan fingerprint density at radius 2 is 1.67 bits per heavy atom. The van der Waals surface area contributed by atoms with Crippen LogP contribution < -0.4 is 5.73 Å². The second-order valence-corrected chi connectivity index (χ2v) is 4.82. The highest BCUT2D eigenvalue weighted by Crippen LogP contribution is 2.28. The van der Waals surface area contributed by atoms with Crippen LogP contribution >= 0.6 is 0 Å². The van der Waals surface area contributed by atoms with Crippen LogP contribution in [0.4, 0.5) is 0 Å². The lowest BCUT2D eigenvalue weighted by molar-refractivity contribution is -0.0440. The molecule has 0 saturated carbocycles. The molecule has 1 atom stereocenters. The van der Waals surface area contributed by atoms with Crippen LogP contribution in [0, 0.1) is 5.41 Å². The van der Waals surface area contributed by atoms with Gasteiger partial charge in [0.1, 0.15) is 0 Å². The molecule has 0 aromatic rings. The van der Waals surface area contributed by atoms with Gasteiger partial charge in [0.05, 0.1) is 5.60 Å². The largest absolute Gasteiger partial charge is 0.374 e. The zero-order valence-corrected chi connectivity index (χ0v) is 9.11. The van der Waals surface area contributed by atoms with Crippen molar-refractivity contribution in [3.8, 4) is 0 Å². The smallest absolute Gasteiger partial charge is 0.0780 e. The molecule has 0 heterocycles. The van der Waals surface area contributed by atoms with E-state index in [1.54, 1.807) is 0 Å². The molecule has 0 spiro atoms. The summed E-state index contributed by atoms with van der Waals surface area (Å²) in [6.45, 7) is 12.1. The van der Waals surface area contributed by atoms with Crippen molar-refractivity contribution in [2.75, 3.05) is 13.2 Å². The molecule has 1 unspecified atom stereocenters. The van der Waals surface area contributed by atoms with Crippen molar-refractivity contribution in [2.24, 2.45) is 11.1 Å². The van der Waals surface area contributed by atoms with E-state index >= 15 is 0 Å². The Morgan fingerprint density at radius 3 is 1.92 bits per heavy atom. The van der Waals surface area contributed by atoms with Crippen LogP contribution in [0.2, 0.25) is 0 Å². The second kappa shape index (κ2) is 4.24. The molecule has 0 fully saturated rings. The van der Waals surface area contributed by atoms with Crippen molar-refractivity contribution in [1.29, 1.82) is 0 Å².